The fourth-order valence-corrected chi connectivity index (χ4v) is 1.35. The molecule has 0 aromatic carbocycles. The third kappa shape index (κ3) is 3.48. The van der Waals surface area contributed by atoms with Crippen LogP contribution >= 0.6 is 34.8 Å². The van der Waals surface area contributed by atoms with E-state index in [0.29, 0.717) is 6.42 Å². The second-order valence-electron chi connectivity index (χ2n) is 2.59. The average molecular weight is 234 g/mol. The zero-order chi connectivity index (χ0) is 9.94. The van der Waals surface area contributed by atoms with E-state index in [4.69, 9.17) is 34.8 Å². The normalized spacial score (nSPS) is 17.2. The lowest BCUT2D eigenvalue weighted by atomic mass is 9.99. The van der Waals surface area contributed by atoms with Gasteiger partial charge in [-0.1, -0.05) is 48.7 Å². The lowest BCUT2D eigenvalue weighted by Gasteiger charge is -2.23. The molecule has 5 heteroatoms. The van der Waals surface area contributed by atoms with E-state index in [-0.39, 0.29) is 5.78 Å². The minimum atomic E-state index is -1.79. The first-order chi connectivity index (χ1) is 5.30. The number of ketones is 1. The summed E-state index contributed by atoms with van der Waals surface area (Å²) in [5, 5.41) is 9.34. The molecule has 0 fully saturated rings. The predicted octanol–water partition coefficient (Wildman–Crippen LogP) is 2.33. The van der Waals surface area contributed by atoms with E-state index in [1.807, 2.05) is 0 Å². The van der Waals surface area contributed by atoms with Crippen molar-refractivity contribution in [3.05, 3.63) is 0 Å². The quantitative estimate of drug-likeness (QED) is 0.760. The van der Waals surface area contributed by atoms with Crippen LogP contribution in [0.4, 0.5) is 0 Å². The lowest BCUT2D eigenvalue weighted by Crippen LogP contribution is -2.36. The molecule has 0 aliphatic rings. The van der Waals surface area contributed by atoms with Gasteiger partial charge in [0, 0.05) is 12.3 Å². The molecule has 0 bridgehead atoms. The molecule has 0 saturated heterocycles. The molecule has 0 aliphatic heterocycles. The maximum absolute atomic E-state index is 11.1. The van der Waals surface area contributed by atoms with Crippen molar-refractivity contribution < 1.29 is 9.90 Å². The summed E-state index contributed by atoms with van der Waals surface area (Å²) in [6, 6.07) is 0. The first-order valence-corrected chi connectivity index (χ1v) is 4.71. The van der Waals surface area contributed by atoms with E-state index in [2.05, 4.69) is 0 Å². The molecule has 0 aromatic rings. The van der Waals surface area contributed by atoms with Crippen LogP contribution in [0.3, 0.4) is 0 Å². The van der Waals surface area contributed by atoms with Crippen LogP contribution in [0.1, 0.15) is 20.3 Å². The Morgan fingerprint density at radius 3 is 2.17 bits per heavy atom. The molecule has 72 valence electrons. The molecular weight excluding hydrogens is 222 g/mol. The highest BCUT2D eigenvalue weighted by Crippen LogP contribution is 2.34. The molecule has 0 heterocycles. The minimum absolute atomic E-state index is 0.117. The van der Waals surface area contributed by atoms with Crippen LogP contribution in [-0.4, -0.2) is 20.8 Å². The van der Waals surface area contributed by atoms with Gasteiger partial charge in [0.15, 0.2) is 0 Å². The maximum Gasteiger partial charge on any atom is 0.216 e. The van der Waals surface area contributed by atoms with E-state index >= 15 is 0 Å². The first kappa shape index (κ1) is 12.5. The fraction of sp³-hybridized carbons (Fsp3) is 0.857. The van der Waals surface area contributed by atoms with E-state index in [1.165, 1.54) is 0 Å². The van der Waals surface area contributed by atoms with Crippen molar-refractivity contribution in [3.8, 4) is 0 Å². The van der Waals surface area contributed by atoms with Gasteiger partial charge in [0.2, 0.25) is 3.79 Å². The number of aliphatic hydroxyl groups excluding tert-OH is 1. The third-order valence-corrected chi connectivity index (χ3v) is 2.34. The van der Waals surface area contributed by atoms with Gasteiger partial charge in [-0.3, -0.25) is 4.79 Å². The largest absolute Gasteiger partial charge is 0.388 e. The van der Waals surface area contributed by atoms with Gasteiger partial charge < -0.3 is 5.11 Å². The second-order valence-corrected chi connectivity index (χ2v) is 4.96. The van der Waals surface area contributed by atoms with Gasteiger partial charge in [0.25, 0.3) is 0 Å². The Morgan fingerprint density at radius 1 is 1.50 bits per heavy atom. The van der Waals surface area contributed by atoms with Crippen molar-refractivity contribution in [2.24, 2.45) is 5.92 Å². The number of carbonyl (C=O) groups excluding carboxylic acids is 1. The topological polar surface area (TPSA) is 37.3 Å². The summed E-state index contributed by atoms with van der Waals surface area (Å²) in [6.07, 6.45) is -0.908. The van der Waals surface area contributed by atoms with Crippen molar-refractivity contribution in [2.45, 2.75) is 30.2 Å². The molecule has 0 radical (unpaired) electrons. The van der Waals surface area contributed by atoms with Crippen LogP contribution in [0.2, 0.25) is 0 Å². The average Bonchev–Trinajstić information content (AvgIpc) is 1.98. The number of alkyl halides is 3. The Labute approximate surface area is 86.8 Å². The highest BCUT2D eigenvalue weighted by atomic mass is 35.6. The van der Waals surface area contributed by atoms with Gasteiger partial charge in [-0.2, -0.15) is 0 Å². The van der Waals surface area contributed by atoms with Gasteiger partial charge in [0.1, 0.15) is 11.9 Å². The molecule has 0 aliphatic carbocycles. The second kappa shape index (κ2) is 4.66. The van der Waals surface area contributed by atoms with Crippen molar-refractivity contribution in [2.75, 3.05) is 0 Å². The van der Waals surface area contributed by atoms with Crippen LogP contribution in [0.5, 0.6) is 0 Å². The van der Waals surface area contributed by atoms with Crippen LogP contribution < -0.4 is 0 Å². The molecule has 0 aromatic heterocycles. The monoisotopic (exact) mass is 232 g/mol. The third-order valence-electron chi connectivity index (χ3n) is 1.67. The predicted molar refractivity (Wildman–Crippen MR) is 50.8 cm³/mol. The van der Waals surface area contributed by atoms with Crippen LogP contribution in [0.25, 0.3) is 0 Å². The van der Waals surface area contributed by atoms with Crippen LogP contribution in [0, 0.1) is 5.92 Å². The lowest BCUT2D eigenvalue weighted by molar-refractivity contribution is -0.125. The van der Waals surface area contributed by atoms with Crippen LogP contribution in [0.15, 0.2) is 0 Å². The van der Waals surface area contributed by atoms with Crippen molar-refractivity contribution in [3.63, 3.8) is 0 Å². The number of hydrogen-bond donors (Lipinski definition) is 1. The SMILES string of the molecule is CCC(=O)C(C)C(O)C(Cl)(Cl)Cl. The molecule has 0 saturated carbocycles. The Kier molecular flexibility index (Phi) is 4.85. The zero-order valence-corrected chi connectivity index (χ0v) is 9.12. The van der Waals surface area contributed by atoms with E-state index in [1.54, 1.807) is 13.8 Å². The number of carbonyl (C=O) groups is 1. The Morgan fingerprint density at radius 2 is 1.92 bits per heavy atom. The molecule has 0 amide bonds. The van der Waals surface area contributed by atoms with E-state index in [0.717, 1.165) is 0 Å². The smallest absolute Gasteiger partial charge is 0.216 e. The first-order valence-electron chi connectivity index (χ1n) is 3.58. The highest BCUT2D eigenvalue weighted by Gasteiger charge is 2.37. The van der Waals surface area contributed by atoms with E-state index < -0.39 is 15.8 Å². The van der Waals surface area contributed by atoms with E-state index in [9.17, 15) is 9.90 Å². The number of rotatable bonds is 3. The Balaban J connectivity index is 4.29. The Hall–Kier alpha value is 0.500. The molecule has 2 nitrogen and oxygen atoms in total. The summed E-state index contributed by atoms with van der Waals surface area (Å²) < 4.78 is -1.79. The standard InChI is InChI=1S/C7H11Cl3O2/c1-3-5(11)4(2)6(12)7(8,9)10/h4,6,12H,3H2,1-2H3. The summed E-state index contributed by atoms with van der Waals surface area (Å²) >= 11 is 16.2. The van der Waals surface area contributed by atoms with Crippen LogP contribution in [-0.2, 0) is 4.79 Å². The summed E-state index contributed by atoms with van der Waals surface area (Å²) in [5.41, 5.74) is 0. The molecule has 0 spiro atoms. The number of hydrogen-bond acceptors (Lipinski definition) is 2. The Bertz CT molecular complexity index is 165. The molecule has 0 rings (SSSR count). The summed E-state index contributed by atoms with van der Waals surface area (Å²) in [7, 11) is 0. The van der Waals surface area contributed by atoms with Gasteiger partial charge in [0.05, 0.1) is 0 Å². The highest BCUT2D eigenvalue weighted by molar-refractivity contribution is 6.68. The summed E-state index contributed by atoms with van der Waals surface area (Å²) in [5.74, 6) is -0.753. The molecule has 2 atom stereocenters. The molecule has 12 heavy (non-hydrogen) atoms. The zero-order valence-electron chi connectivity index (χ0n) is 6.85. The van der Waals surface area contributed by atoms with Crippen molar-refractivity contribution >= 4 is 40.6 Å². The van der Waals surface area contributed by atoms with Crippen molar-refractivity contribution in [1.29, 1.82) is 0 Å². The molecule has 2 unspecified atom stereocenters. The summed E-state index contributed by atoms with van der Waals surface area (Å²) in [4.78, 5) is 11.1. The number of halogens is 3. The van der Waals surface area contributed by atoms with Crippen molar-refractivity contribution in [1.82, 2.24) is 0 Å². The van der Waals surface area contributed by atoms with Gasteiger partial charge in [-0.25, -0.2) is 0 Å². The van der Waals surface area contributed by atoms with Gasteiger partial charge >= 0.3 is 0 Å². The number of aliphatic hydroxyl groups is 1. The minimum Gasteiger partial charge on any atom is -0.388 e. The molecule has 1 N–H and O–H groups in total. The van der Waals surface area contributed by atoms with Gasteiger partial charge in [-0.15, -0.1) is 0 Å². The number of Topliss-reactive ketones (excluding diaryl/α,β-unsaturated/α-hetero) is 1. The maximum atomic E-state index is 11.1. The van der Waals surface area contributed by atoms with Gasteiger partial charge in [-0.05, 0) is 0 Å². The summed E-state index contributed by atoms with van der Waals surface area (Å²) in [6.45, 7) is 3.24. The molecular formula is C7H11Cl3O2. The fourth-order valence-electron chi connectivity index (χ4n) is 0.782.